The smallest absolute Gasteiger partial charge is 0.129 e. The number of pyridine rings is 1. The summed E-state index contributed by atoms with van der Waals surface area (Å²) >= 11 is 5.84. The first kappa shape index (κ1) is 10.9. The van der Waals surface area contributed by atoms with Crippen molar-refractivity contribution in [2.24, 2.45) is 11.8 Å². The van der Waals surface area contributed by atoms with Crippen LogP contribution in [0.4, 0.5) is 0 Å². The van der Waals surface area contributed by atoms with Crippen LogP contribution in [0, 0.1) is 5.92 Å². The van der Waals surface area contributed by atoms with Crippen LogP contribution in [-0.2, 0) is 0 Å². The summed E-state index contributed by atoms with van der Waals surface area (Å²) in [5.74, 6) is 6.48. The van der Waals surface area contributed by atoms with Crippen LogP contribution in [0.15, 0.2) is 18.3 Å². The molecule has 1 aliphatic rings. The molecular weight excluding hydrogens is 210 g/mol. The second kappa shape index (κ2) is 4.92. The van der Waals surface area contributed by atoms with Crippen LogP contribution in [-0.4, -0.2) is 4.98 Å². The van der Waals surface area contributed by atoms with E-state index in [0.717, 1.165) is 17.9 Å². The molecule has 0 amide bonds. The number of nitrogens with one attached hydrogen (secondary N) is 1. The summed E-state index contributed by atoms with van der Waals surface area (Å²) in [5.41, 5.74) is 3.97. The lowest BCUT2D eigenvalue weighted by atomic mass is 10.0. The molecule has 1 atom stereocenters. The first-order valence-electron chi connectivity index (χ1n) is 5.37. The fourth-order valence-electron chi connectivity index (χ4n) is 1.79. The summed E-state index contributed by atoms with van der Waals surface area (Å²) in [4.78, 5) is 3.96. The van der Waals surface area contributed by atoms with Gasteiger partial charge in [0.1, 0.15) is 5.15 Å². The van der Waals surface area contributed by atoms with E-state index in [2.05, 4.69) is 10.4 Å². The Labute approximate surface area is 95.0 Å². The molecule has 1 heterocycles. The second-order valence-corrected chi connectivity index (χ2v) is 4.54. The van der Waals surface area contributed by atoms with Gasteiger partial charge in [-0.15, -0.1) is 0 Å². The monoisotopic (exact) mass is 225 g/mol. The lowest BCUT2D eigenvalue weighted by molar-refractivity contribution is 0.481. The van der Waals surface area contributed by atoms with Crippen molar-refractivity contribution in [1.29, 1.82) is 0 Å². The Morgan fingerprint density at radius 1 is 1.60 bits per heavy atom. The maximum Gasteiger partial charge on any atom is 0.129 e. The zero-order valence-electron chi connectivity index (χ0n) is 8.62. The van der Waals surface area contributed by atoms with Gasteiger partial charge in [0.15, 0.2) is 0 Å². The van der Waals surface area contributed by atoms with E-state index in [1.807, 2.05) is 12.1 Å². The van der Waals surface area contributed by atoms with Gasteiger partial charge in [-0.2, -0.15) is 0 Å². The number of hydrogen-bond acceptors (Lipinski definition) is 3. The minimum Gasteiger partial charge on any atom is -0.271 e. The summed E-state index contributed by atoms with van der Waals surface area (Å²) in [6.45, 7) is 0. The van der Waals surface area contributed by atoms with Gasteiger partial charge in [0.25, 0.3) is 0 Å². The number of nitrogens with zero attached hydrogens (tertiary/aromatic N) is 1. The summed E-state index contributed by atoms with van der Waals surface area (Å²) < 4.78 is 0. The fourth-order valence-corrected chi connectivity index (χ4v) is 1.97. The number of hydrazine groups is 1. The van der Waals surface area contributed by atoms with E-state index >= 15 is 0 Å². The highest BCUT2D eigenvalue weighted by molar-refractivity contribution is 6.29. The molecule has 0 spiro atoms. The third kappa shape index (κ3) is 3.16. The molecule has 0 saturated heterocycles. The van der Waals surface area contributed by atoms with Crippen LogP contribution < -0.4 is 11.3 Å². The van der Waals surface area contributed by atoms with Crippen LogP contribution >= 0.6 is 11.6 Å². The van der Waals surface area contributed by atoms with E-state index in [1.54, 1.807) is 6.20 Å². The number of halogens is 1. The third-order valence-electron chi connectivity index (χ3n) is 2.91. The average Bonchev–Trinajstić information content (AvgIpc) is 3.03. The predicted octanol–water partition coefficient (Wildman–Crippen LogP) is 2.43. The number of rotatable bonds is 5. The van der Waals surface area contributed by atoms with E-state index in [0.29, 0.717) is 5.15 Å². The van der Waals surface area contributed by atoms with Gasteiger partial charge in [-0.1, -0.05) is 24.4 Å². The molecule has 82 valence electrons. The van der Waals surface area contributed by atoms with E-state index in [4.69, 9.17) is 17.4 Å². The van der Waals surface area contributed by atoms with Gasteiger partial charge in [0.2, 0.25) is 0 Å². The highest BCUT2D eigenvalue weighted by atomic mass is 35.5. The Balaban J connectivity index is 1.97. The Hall–Kier alpha value is -0.640. The van der Waals surface area contributed by atoms with Gasteiger partial charge in [-0.05, 0) is 36.5 Å². The molecule has 0 radical (unpaired) electrons. The molecule has 4 heteroatoms. The van der Waals surface area contributed by atoms with Crippen molar-refractivity contribution in [3.8, 4) is 0 Å². The molecule has 1 fully saturated rings. The summed E-state index contributed by atoms with van der Waals surface area (Å²) in [6.07, 6.45) is 6.80. The molecule has 2 rings (SSSR count). The van der Waals surface area contributed by atoms with Crippen LogP contribution in [0.3, 0.4) is 0 Å². The normalized spacial score (nSPS) is 17.7. The molecule has 1 aliphatic carbocycles. The van der Waals surface area contributed by atoms with Crippen molar-refractivity contribution in [3.63, 3.8) is 0 Å². The van der Waals surface area contributed by atoms with E-state index in [1.165, 1.54) is 19.3 Å². The van der Waals surface area contributed by atoms with Crippen LogP contribution in [0.2, 0.25) is 5.15 Å². The zero-order chi connectivity index (χ0) is 10.7. The number of hydrogen-bond donors (Lipinski definition) is 2. The summed E-state index contributed by atoms with van der Waals surface area (Å²) in [5, 5.41) is 0.527. The summed E-state index contributed by atoms with van der Waals surface area (Å²) in [7, 11) is 0. The molecule has 1 saturated carbocycles. The maximum absolute atomic E-state index is 5.84. The van der Waals surface area contributed by atoms with Crippen molar-refractivity contribution >= 4 is 11.6 Å². The predicted molar refractivity (Wildman–Crippen MR) is 61.3 cm³/mol. The van der Waals surface area contributed by atoms with Gasteiger partial charge < -0.3 is 0 Å². The molecule has 0 aromatic carbocycles. The van der Waals surface area contributed by atoms with Crippen molar-refractivity contribution in [1.82, 2.24) is 10.4 Å². The van der Waals surface area contributed by atoms with Crippen molar-refractivity contribution in [2.75, 3.05) is 0 Å². The van der Waals surface area contributed by atoms with Gasteiger partial charge in [-0.3, -0.25) is 11.3 Å². The third-order valence-corrected chi connectivity index (χ3v) is 3.12. The van der Waals surface area contributed by atoms with Crippen molar-refractivity contribution in [2.45, 2.75) is 31.7 Å². The quantitative estimate of drug-likeness (QED) is 0.460. The molecule has 1 aromatic heterocycles. The highest BCUT2D eigenvalue weighted by Gasteiger charge is 2.22. The van der Waals surface area contributed by atoms with E-state index in [-0.39, 0.29) is 6.04 Å². The molecule has 3 nitrogen and oxygen atoms in total. The lowest BCUT2D eigenvalue weighted by Crippen LogP contribution is -2.28. The van der Waals surface area contributed by atoms with E-state index < -0.39 is 0 Å². The van der Waals surface area contributed by atoms with Crippen molar-refractivity contribution < 1.29 is 0 Å². The topological polar surface area (TPSA) is 50.9 Å². The second-order valence-electron chi connectivity index (χ2n) is 4.15. The SMILES string of the molecule is NNC(CCC1CC1)c1ccnc(Cl)c1. The molecular formula is C11H16ClN3. The lowest BCUT2D eigenvalue weighted by Gasteiger charge is -2.15. The first-order chi connectivity index (χ1) is 7.29. The minimum atomic E-state index is 0.200. The number of aromatic nitrogens is 1. The minimum absolute atomic E-state index is 0.200. The molecule has 3 N–H and O–H groups in total. The molecule has 1 unspecified atom stereocenters. The standard InChI is InChI=1S/C11H16ClN3/c12-11-7-9(5-6-14-11)10(15-13)4-3-8-1-2-8/h5-8,10,15H,1-4,13H2. The molecule has 1 aromatic rings. The Morgan fingerprint density at radius 3 is 3.00 bits per heavy atom. The van der Waals surface area contributed by atoms with Gasteiger partial charge >= 0.3 is 0 Å². The highest BCUT2D eigenvalue weighted by Crippen LogP contribution is 2.35. The van der Waals surface area contributed by atoms with Gasteiger partial charge in [0.05, 0.1) is 0 Å². The van der Waals surface area contributed by atoms with E-state index in [9.17, 15) is 0 Å². The molecule has 0 aliphatic heterocycles. The number of nitrogens with two attached hydrogens (primary N) is 1. The fraction of sp³-hybridized carbons (Fsp3) is 0.545. The first-order valence-corrected chi connectivity index (χ1v) is 5.75. The maximum atomic E-state index is 5.84. The van der Waals surface area contributed by atoms with Crippen LogP contribution in [0.1, 0.15) is 37.3 Å². The average molecular weight is 226 g/mol. The summed E-state index contributed by atoms with van der Waals surface area (Å²) in [6, 6.07) is 4.04. The van der Waals surface area contributed by atoms with Crippen LogP contribution in [0.5, 0.6) is 0 Å². The largest absolute Gasteiger partial charge is 0.271 e. The van der Waals surface area contributed by atoms with Gasteiger partial charge in [0, 0.05) is 12.2 Å². The van der Waals surface area contributed by atoms with Gasteiger partial charge in [-0.25, -0.2) is 4.98 Å². The Morgan fingerprint density at radius 2 is 2.40 bits per heavy atom. The zero-order valence-corrected chi connectivity index (χ0v) is 9.37. The molecule has 0 bridgehead atoms. The molecule has 15 heavy (non-hydrogen) atoms. The Kier molecular flexibility index (Phi) is 3.57. The van der Waals surface area contributed by atoms with Crippen molar-refractivity contribution in [3.05, 3.63) is 29.0 Å². The Bertz CT molecular complexity index is 325. The van der Waals surface area contributed by atoms with Crippen LogP contribution in [0.25, 0.3) is 0 Å².